The molecule has 0 spiro atoms. The van der Waals surface area contributed by atoms with Gasteiger partial charge >= 0.3 is 5.69 Å². The van der Waals surface area contributed by atoms with E-state index in [1.54, 1.807) is 18.2 Å². The molecule has 1 unspecified atom stereocenters. The molecule has 0 saturated carbocycles. The van der Waals surface area contributed by atoms with Gasteiger partial charge in [0.15, 0.2) is 11.5 Å². The van der Waals surface area contributed by atoms with Gasteiger partial charge in [-0.05, 0) is 42.8 Å². The highest BCUT2D eigenvalue weighted by Crippen LogP contribution is 2.31. The second kappa shape index (κ2) is 8.68. The fraction of sp³-hybridized carbons (Fsp3) is 0.391. The zero-order chi connectivity index (χ0) is 22.1. The van der Waals surface area contributed by atoms with Crippen LogP contribution in [0.15, 0.2) is 41.2 Å². The van der Waals surface area contributed by atoms with Gasteiger partial charge in [0, 0.05) is 38.4 Å². The van der Waals surface area contributed by atoms with Crippen molar-refractivity contribution in [2.45, 2.75) is 19.5 Å². The standard InChI is InChI=1S/C23H27N5O4/c1-15(22(29)24-17-3-4-18-19(13-17)26-23(30)25-18)28-8-6-27(7-9-28)14-16-2-5-20-21(12-16)32-11-10-31-20/h2-5,12-13,15H,6-11,14H2,1H3,(H,24,29)(H2,25,26,30). The first-order valence-electron chi connectivity index (χ1n) is 10.9. The fourth-order valence-electron chi connectivity index (χ4n) is 4.28. The number of ether oxygens (including phenoxy) is 2. The first kappa shape index (κ1) is 20.6. The Hall–Kier alpha value is -3.30. The van der Waals surface area contributed by atoms with E-state index in [0.717, 1.165) is 49.7 Å². The Morgan fingerprint density at radius 2 is 1.75 bits per heavy atom. The van der Waals surface area contributed by atoms with Gasteiger partial charge < -0.3 is 24.8 Å². The number of carbonyl (C=O) groups excluding carboxylic acids is 1. The minimum absolute atomic E-state index is 0.0532. The first-order valence-corrected chi connectivity index (χ1v) is 10.9. The van der Waals surface area contributed by atoms with Gasteiger partial charge in [0.1, 0.15) is 13.2 Å². The molecule has 1 fully saturated rings. The monoisotopic (exact) mass is 437 g/mol. The quantitative estimate of drug-likeness (QED) is 0.562. The maximum absolute atomic E-state index is 12.8. The largest absolute Gasteiger partial charge is 0.486 e. The zero-order valence-corrected chi connectivity index (χ0v) is 18.0. The van der Waals surface area contributed by atoms with Crippen molar-refractivity contribution in [3.8, 4) is 11.5 Å². The number of carbonyl (C=O) groups is 1. The van der Waals surface area contributed by atoms with Crippen LogP contribution in [0.3, 0.4) is 0 Å². The Kier molecular flexibility index (Phi) is 5.59. The lowest BCUT2D eigenvalue weighted by molar-refractivity contribution is -0.121. The number of benzene rings is 2. The minimum Gasteiger partial charge on any atom is -0.486 e. The topological polar surface area (TPSA) is 103 Å². The van der Waals surface area contributed by atoms with Crippen LogP contribution in [0.1, 0.15) is 12.5 Å². The van der Waals surface area contributed by atoms with Crippen LogP contribution in [0.2, 0.25) is 0 Å². The Balaban J connectivity index is 1.14. The van der Waals surface area contributed by atoms with E-state index in [0.29, 0.717) is 24.4 Å². The minimum atomic E-state index is -0.258. The Morgan fingerprint density at radius 3 is 2.56 bits per heavy atom. The Morgan fingerprint density at radius 1 is 1.00 bits per heavy atom. The van der Waals surface area contributed by atoms with E-state index in [1.807, 2.05) is 13.0 Å². The lowest BCUT2D eigenvalue weighted by atomic mass is 10.1. The van der Waals surface area contributed by atoms with Crippen molar-refractivity contribution in [1.82, 2.24) is 19.8 Å². The fourth-order valence-corrected chi connectivity index (χ4v) is 4.28. The number of hydrogen-bond donors (Lipinski definition) is 3. The Bertz CT molecular complexity index is 1180. The third-order valence-electron chi connectivity index (χ3n) is 6.13. The second-order valence-corrected chi connectivity index (χ2v) is 8.29. The normalized spacial score (nSPS) is 17.9. The molecule has 2 aromatic carbocycles. The molecule has 9 nitrogen and oxygen atoms in total. The van der Waals surface area contributed by atoms with Gasteiger partial charge in [-0.3, -0.25) is 14.6 Å². The summed E-state index contributed by atoms with van der Waals surface area (Å²) in [5.74, 6) is 1.58. The van der Waals surface area contributed by atoms with Crippen molar-refractivity contribution in [1.29, 1.82) is 0 Å². The van der Waals surface area contributed by atoms with Crippen molar-refractivity contribution in [2.75, 3.05) is 44.7 Å². The van der Waals surface area contributed by atoms with Crippen LogP contribution in [-0.4, -0.2) is 71.1 Å². The van der Waals surface area contributed by atoms with Crippen LogP contribution in [0, 0.1) is 0 Å². The summed E-state index contributed by atoms with van der Waals surface area (Å²) in [4.78, 5) is 34.2. The average Bonchev–Trinajstić information content (AvgIpc) is 3.18. The van der Waals surface area contributed by atoms with Crippen LogP contribution < -0.4 is 20.5 Å². The SMILES string of the molecule is CC(C(=O)Nc1ccc2[nH]c(=O)[nH]c2c1)N1CCN(Cc2ccc3c(c2)OCCO3)CC1. The average molecular weight is 438 g/mol. The molecular formula is C23H27N5O4. The van der Waals surface area contributed by atoms with Crippen molar-refractivity contribution in [3.05, 3.63) is 52.4 Å². The van der Waals surface area contributed by atoms with Crippen molar-refractivity contribution in [2.24, 2.45) is 0 Å². The number of anilines is 1. The number of imidazole rings is 1. The number of rotatable bonds is 5. The van der Waals surface area contributed by atoms with Crippen LogP contribution in [0.4, 0.5) is 5.69 Å². The van der Waals surface area contributed by atoms with Crippen molar-refractivity contribution in [3.63, 3.8) is 0 Å². The van der Waals surface area contributed by atoms with Crippen LogP contribution >= 0.6 is 0 Å². The molecule has 0 radical (unpaired) electrons. The highest BCUT2D eigenvalue weighted by molar-refractivity contribution is 5.96. The van der Waals surface area contributed by atoms with Gasteiger partial charge in [-0.25, -0.2) is 4.79 Å². The van der Waals surface area contributed by atoms with E-state index in [-0.39, 0.29) is 17.6 Å². The number of H-pyrrole nitrogens is 2. The number of amides is 1. The summed E-state index contributed by atoms with van der Waals surface area (Å²) in [7, 11) is 0. The molecule has 1 saturated heterocycles. The number of nitrogens with zero attached hydrogens (tertiary/aromatic N) is 2. The molecule has 1 aromatic heterocycles. The molecule has 0 bridgehead atoms. The molecule has 3 N–H and O–H groups in total. The van der Waals surface area contributed by atoms with E-state index in [9.17, 15) is 9.59 Å². The molecule has 2 aliphatic rings. The van der Waals surface area contributed by atoms with Gasteiger partial charge in [-0.1, -0.05) is 6.07 Å². The maximum Gasteiger partial charge on any atom is 0.323 e. The maximum atomic E-state index is 12.8. The number of aromatic amines is 2. The van der Waals surface area contributed by atoms with Crippen LogP contribution in [0.5, 0.6) is 11.5 Å². The second-order valence-electron chi connectivity index (χ2n) is 8.29. The Labute approximate surface area is 185 Å². The molecular weight excluding hydrogens is 410 g/mol. The molecule has 168 valence electrons. The third-order valence-corrected chi connectivity index (χ3v) is 6.13. The molecule has 1 atom stereocenters. The number of nitrogens with one attached hydrogen (secondary N) is 3. The first-order chi connectivity index (χ1) is 15.5. The van der Waals surface area contributed by atoms with Crippen LogP contribution in [-0.2, 0) is 11.3 Å². The van der Waals surface area contributed by atoms with Gasteiger partial charge in [-0.2, -0.15) is 0 Å². The number of hydrogen-bond acceptors (Lipinski definition) is 6. The van der Waals surface area contributed by atoms with Crippen LogP contribution in [0.25, 0.3) is 11.0 Å². The van der Waals surface area contributed by atoms with E-state index in [2.05, 4.69) is 37.2 Å². The summed E-state index contributed by atoms with van der Waals surface area (Å²) in [6, 6.07) is 11.2. The third kappa shape index (κ3) is 4.35. The molecule has 3 aromatic rings. The van der Waals surface area contributed by atoms with E-state index in [4.69, 9.17) is 9.47 Å². The van der Waals surface area contributed by atoms with E-state index >= 15 is 0 Å². The van der Waals surface area contributed by atoms with Gasteiger partial charge in [-0.15, -0.1) is 0 Å². The molecule has 3 heterocycles. The smallest absolute Gasteiger partial charge is 0.323 e. The predicted octanol–water partition coefficient (Wildman–Crippen LogP) is 1.77. The van der Waals surface area contributed by atoms with Crippen molar-refractivity contribution < 1.29 is 14.3 Å². The molecule has 5 rings (SSSR count). The highest BCUT2D eigenvalue weighted by atomic mass is 16.6. The molecule has 32 heavy (non-hydrogen) atoms. The summed E-state index contributed by atoms with van der Waals surface area (Å²) in [6.45, 7) is 7.40. The molecule has 1 amide bonds. The summed E-state index contributed by atoms with van der Waals surface area (Å²) in [6.07, 6.45) is 0. The summed E-state index contributed by atoms with van der Waals surface area (Å²) in [5.41, 5.74) is 3.00. The van der Waals surface area contributed by atoms with Gasteiger partial charge in [0.2, 0.25) is 5.91 Å². The number of piperazine rings is 1. The summed E-state index contributed by atoms with van der Waals surface area (Å²) in [5, 5.41) is 2.96. The van der Waals surface area contributed by atoms with Crippen molar-refractivity contribution >= 4 is 22.6 Å². The lowest BCUT2D eigenvalue weighted by Gasteiger charge is -2.37. The molecule has 0 aliphatic carbocycles. The molecule has 2 aliphatic heterocycles. The van der Waals surface area contributed by atoms with Gasteiger partial charge in [0.25, 0.3) is 0 Å². The summed E-state index contributed by atoms with van der Waals surface area (Å²) >= 11 is 0. The number of aromatic nitrogens is 2. The highest BCUT2D eigenvalue weighted by Gasteiger charge is 2.26. The zero-order valence-electron chi connectivity index (χ0n) is 18.0. The molecule has 9 heteroatoms. The van der Waals surface area contributed by atoms with E-state index < -0.39 is 0 Å². The van der Waals surface area contributed by atoms with E-state index in [1.165, 1.54) is 5.56 Å². The summed E-state index contributed by atoms with van der Waals surface area (Å²) < 4.78 is 11.3. The number of fused-ring (bicyclic) bond motifs is 2. The predicted molar refractivity (Wildman–Crippen MR) is 121 cm³/mol. The van der Waals surface area contributed by atoms with Gasteiger partial charge in [0.05, 0.1) is 17.1 Å². The lowest BCUT2D eigenvalue weighted by Crippen LogP contribution is -2.52.